The van der Waals surface area contributed by atoms with Crippen molar-refractivity contribution in [3.05, 3.63) is 50.2 Å². The van der Waals surface area contributed by atoms with Crippen LogP contribution in [0.2, 0.25) is 10.0 Å². The van der Waals surface area contributed by atoms with Crippen molar-refractivity contribution < 1.29 is 4.92 Å². The Balaban J connectivity index is 2.25. The van der Waals surface area contributed by atoms with E-state index in [9.17, 15) is 10.1 Å². The second-order valence-corrected chi connectivity index (χ2v) is 4.29. The number of nitro benzene ring substituents is 1. The molecule has 1 heterocycles. The molecule has 0 bridgehead atoms. The van der Waals surface area contributed by atoms with Gasteiger partial charge in [-0.05, 0) is 12.1 Å². The summed E-state index contributed by atoms with van der Waals surface area (Å²) in [4.78, 5) is 10.4. The maximum absolute atomic E-state index is 10.9. The van der Waals surface area contributed by atoms with Crippen LogP contribution >= 0.6 is 23.2 Å². The normalized spacial score (nSPS) is 10.3. The third kappa shape index (κ3) is 2.72. The third-order valence-electron chi connectivity index (χ3n) is 2.26. The molecule has 0 radical (unpaired) electrons. The number of halogens is 2. The van der Waals surface area contributed by atoms with E-state index in [-0.39, 0.29) is 15.7 Å². The van der Waals surface area contributed by atoms with Crippen LogP contribution in [0.4, 0.5) is 11.4 Å². The number of nitrogens with one attached hydrogen (secondary N) is 2. The molecule has 1 aromatic carbocycles. The minimum atomic E-state index is -0.516. The van der Waals surface area contributed by atoms with Gasteiger partial charge in [0.2, 0.25) is 0 Å². The van der Waals surface area contributed by atoms with Crippen LogP contribution in [0.3, 0.4) is 0 Å². The second-order valence-electron chi connectivity index (χ2n) is 3.48. The van der Waals surface area contributed by atoms with Gasteiger partial charge in [0.15, 0.2) is 0 Å². The Hall–Kier alpha value is -1.79. The lowest BCUT2D eigenvalue weighted by Crippen LogP contribution is -2.03. The Labute approximate surface area is 112 Å². The van der Waals surface area contributed by atoms with Gasteiger partial charge in [-0.15, -0.1) is 0 Å². The number of H-pyrrole nitrogens is 1. The summed E-state index contributed by atoms with van der Waals surface area (Å²) in [5, 5.41) is 20.7. The number of hydrogen-bond donors (Lipinski definition) is 2. The van der Waals surface area contributed by atoms with E-state index >= 15 is 0 Å². The van der Waals surface area contributed by atoms with Crippen molar-refractivity contribution in [3.63, 3.8) is 0 Å². The van der Waals surface area contributed by atoms with Gasteiger partial charge in [0.25, 0.3) is 5.69 Å². The summed E-state index contributed by atoms with van der Waals surface area (Å²) in [6, 6.07) is 4.41. The number of nitro groups is 1. The predicted octanol–water partition coefficient (Wildman–Crippen LogP) is 3.24. The van der Waals surface area contributed by atoms with Crippen LogP contribution in [0.1, 0.15) is 5.69 Å². The molecule has 0 fully saturated rings. The topological polar surface area (TPSA) is 83.8 Å². The minimum Gasteiger partial charge on any atom is -0.374 e. The quantitative estimate of drug-likeness (QED) is 0.668. The number of aromatic amines is 1. The van der Waals surface area contributed by atoms with E-state index in [0.29, 0.717) is 12.2 Å². The first kappa shape index (κ1) is 12.7. The number of hydrogen-bond acceptors (Lipinski definition) is 4. The monoisotopic (exact) mass is 286 g/mol. The highest BCUT2D eigenvalue weighted by atomic mass is 35.5. The molecule has 0 aliphatic heterocycles. The summed E-state index contributed by atoms with van der Waals surface area (Å²) < 4.78 is 0. The van der Waals surface area contributed by atoms with Crippen molar-refractivity contribution in [2.24, 2.45) is 0 Å². The Bertz CT molecular complexity index is 572. The molecule has 0 atom stereocenters. The van der Waals surface area contributed by atoms with Crippen molar-refractivity contribution in [1.82, 2.24) is 10.2 Å². The zero-order chi connectivity index (χ0) is 13.1. The number of nitrogens with zero attached hydrogens (tertiary/aromatic N) is 2. The fraction of sp³-hybridized carbons (Fsp3) is 0.100. The highest BCUT2D eigenvalue weighted by Crippen LogP contribution is 2.34. The Kier molecular flexibility index (Phi) is 3.69. The van der Waals surface area contributed by atoms with Crippen molar-refractivity contribution >= 4 is 34.6 Å². The fourth-order valence-electron chi connectivity index (χ4n) is 1.40. The molecule has 0 saturated heterocycles. The summed E-state index contributed by atoms with van der Waals surface area (Å²) in [6.07, 6.45) is 1.60. The Morgan fingerprint density at radius 3 is 2.72 bits per heavy atom. The maximum Gasteiger partial charge on any atom is 0.293 e. The van der Waals surface area contributed by atoms with Crippen molar-refractivity contribution in [2.45, 2.75) is 6.54 Å². The number of anilines is 1. The highest BCUT2D eigenvalue weighted by Gasteiger charge is 2.16. The van der Waals surface area contributed by atoms with Gasteiger partial charge in [0.1, 0.15) is 5.69 Å². The number of rotatable bonds is 4. The molecule has 2 rings (SSSR count). The lowest BCUT2D eigenvalue weighted by molar-refractivity contribution is -0.383. The molecule has 0 aliphatic carbocycles. The molecule has 0 aliphatic rings. The van der Waals surface area contributed by atoms with E-state index in [4.69, 9.17) is 23.2 Å². The van der Waals surface area contributed by atoms with E-state index in [1.165, 1.54) is 12.1 Å². The molecular formula is C10H8Cl2N4O2. The molecule has 6 nitrogen and oxygen atoms in total. The van der Waals surface area contributed by atoms with E-state index in [1.54, 1.807) is 12.3 Å². The van der Waals surface area contributed by atoms with E-state index in [2.05, 4.69) is 15.5 Å². The first-order valence-electron chi connectivity index (χ1n) is 4.93. The van der Waals surface area contributed by atoms with Gasteiger partial charge in [0.05, 0.1) is 27.2 Å². The molecule has 18 heavy (non-hydrogen) atoms. The fourth-order valence-corrected chi connectivity index (χ4v) is 1.72. The van der Waals surface area contributed by atoms with Crippen molar-refractivity contribution in [3.8, 4) is 0 Å². The molecule has 0 spiro atoms. The first-order chi connectivity index (χ1) is 8.58. The molecule has 2 aromatic rings. The lowest BCUT2D eigenvalue weighted by atomic mass is 10.2. The van der Waals surface area contributed by atoms with E-state index in [0.717, 1.165) is 5.69 Å². The summed E-state index contributed by atoms with van der Waals surface area (Å²) in [6.45, 7) is 0.374. The van der Waals surface area contributed by atoms with Gasteiger partial charge in [-0.3, -0.25) is 15.2 Å². The van der Waals surface area contributed by atoms with Gasteiger partial charge in [-0.25, -0.2) is 0 Å². The Morgan fingerprint density at radius 2 is 2.11 bits per heavy atom. The van der Waals surface area contributed by atoms with Gasteiger partial charge >= 0.3 is 0 Å². The standard InChI is InChI=1S/C10H8Cl2N4O2/c11-7-3-9(10(16(17)18)4-8(7)12)13-5-6-1-2-14-15-6/h1-4,13H,5H2,(H,14,15). The van der Waals surface area contributed by atoms with Crippen LogP contribution in [0.15, 0.2) is 24.4 Å². The zero-order valence-corrected chi connectivity index (χ0v) is 10.5. The predicted molar refractivity (Wildman–Crippen MR) is 69.0 cm³/mol. The molecule has 8 heteroatoms. The molecule has 0 amide bonds. The molecule has 0 unspecified atom stereocenters. The highest BCUT2D eigenvalue weighted by molar-refractivity contribution is 6.42. The summed E-state index contributed by atoms with van der Waals surface area (Å²) in [5.41, 5.74) is 0.989. The number of aromatic nitrogens is 2. The maximum atomic E-state index is 10.9. The van der Waals surface area contributed by atoms with Gasteiger partial charge in [0, 0.05) is 12.3 Å². The summed E-state index contributed by atoms with van der Waals surface area (Å²) in [5.74, 6) is 0. The largest absolute Gasteiger partial charge is 0.374 e. The van der Waals surface area contributed by atoms with Crippen LogP contribution in [0.5, 0.6) is 0 Å². The van der Waals surface area contributed by atoms with Gasteiger partial charge in [-0.2, -0.15) is 5.10 Å². The average molecular weight is 287 g/mol. The van der Waals surface area contributed by atoms with Crippen LogP contribution in [0, 0.1) is 10.1 Å². The summed E-state index contributed by atoms with van der Waals surface area (Å²) >= 11 is 11.6. The molecule has 1 aromatic heterocycles. The molecule has 94 valence electrons. The van der Waals surface area contributed by atoms with Crippen molar-refractivity contribution in [2.75, 3.05) is 5.32 Å². The SMILES string of the molecule is O=[N+]([O-])c1cc(Cl)c(Cl)cc1NCc1ccn[nH]1. The first-order valence-corrected chi connectivity index (χ1v) is 5.69. The van der Waals surface area contributed by atoms with Gasteiger partial charge < -0.3 is 5.32 Å². The van der Waals surface area contributed by atoms with Crippen LogP contribution < -0.4 is 5.32 Å². The number of benzene rings is 1. The molecule has 2 N–H and O–H groups in total. The Morgan fingerprint density at radius 1 is 1.39 bits per heavy atom. The van der Waals surface area contributed by atoms with E-state index in [1.807, 2.05) is 0 Å². The van der Waals surface area contributed by atoms with Crippen molar-refractivity contribution in [1.29, 1.82) is 0 Å². The van der Waals surface area contributed by atoms with Crippen LogP contribution in [0.25, 0.3) is 0 Å². The van der Waals surface area contributed by atoms with Crippen LogP contribution in [-0.2, 0) is 6.54 Å². The van der Waals surface area contributed by atoms with E-state index < -0.39 is 4.92 Å². The van der Waals surface area contributed by atoms with Gasteiger partial charge in [-0.1, -0.05) is 23.2 Å². The third-order valence-corrected chi connectivity index (χ3v) is 2.99. The average Bonchev–Trinajstić information content (AvgIpc) is 2.83. The molecule has 0 saturated carbocycles. The lowest BCUT2D eigenvalue weighted by Gasteiger charge is -2.07. The molecular weight excluding hydrogens is 279 g/mol. The summed E-state index contributed by atoms with van der Waals surface area (Å²) in [7, 11) is 0. The second kappa shape index (κ2) is 5.24. The van der Waals surface area contributed by atoms with Crippen LogP contribution in [-0.4, -0.2) is 15.1 Å². The minimum absolute atomic E-state index is 0.121. The zero-order valence-electron chi connectivity index (χ0n) is 8.98. The smallest absolute Gasteiger partial charge is 0.293 e.